The lowest BCUT2D eigenvalue weighted by Crippen LogP contribution is -2.31. The Labute approximate surface area is 169 Å². The van der Waals surface area contributed by atoms with Crippen molar-refractivity contribution >= 4 is 32.6 Å². The number of anilines is 1. The lowest BCUT2D eigenvalue weighted by Gasteiger charge is -2.20. The molecule has 1 amide bonds. The van der Waals surface area contributed by atoms with E-state index in [0.717, 1.165) is 16.8 Å². The van der Waals surface area contributed by atoms with Gasteiger partial charge in [-0.05, 0) is 42.5 Å². The lowest BCUT2D eigenvalue weighted by molar-refractivity contribution is 0.0981. The predicted octanol–water partition coefficient (Wildman–Crippen LogP) is 4.83. The Morgan fingerprint density at radius 1 is 1.14 bits per heavy atom. The quantitative estimate of drug-likeness (QED) is 0.472. The standard InChI is InChI=1S/C21H15F2N3O2S/c1-28-15-6-8-18-19(11-15)29-21(25-18)26(12-14-4-2-3-9-24-14)20(27)16-7-5-13(22)10-17(16)23/h2-11H,12H2,1H3. The Bertz CT molecular complexity index is 1180. The molecule has 146 valence electrons. The van der Waals surface area contributed by atoms with E-state index in [2.05, 4.69) is 9.97 Å². The second-order valence-corrected chi connectivity index (χ2v) is 7.18. The Kier molecular flexibility index (Phi) is 5.18. The summed E-state index contributed by atoms with van der Waals surface area (Å²) in [4.78, 5) is 23.3. The summed E-state index contributed by atoms with van der Waals surface area (Å²) in [6, 6.07) is 13.6. The average Bonchev–Trinajstić information content (AvgIpc) is 3.15. The molecule has 4 rings (SSSR count). The van der Waals surface area contributed by atoms with Crippen LogP contribution in [0, 0.1) is 11.6 Å². The van der Waals surface area contributed by atoms with E-state index in [1.54, 1.807) is 43.6 Å². The van der Waals surface area contributed by atoms with Crippen molar-refractivity contribution in [2.24, 2.45) is 0 Å². The molecule has 0 fully saturated rings. The summed E-state index contributed by atoms with van der Waals surface area (Å²) in [5.41, 5.74) is 1.06. The van der Waals surface area contributed by atoms with Crippen LogP contribution in [-0.4, -0.2) is 23.0 Å². The highest BCUT2D eigenvalue weighted by Gasteiger charge is 2.25. The van der Waals surface area contributed by atoms with Gasteiger partial charge in [-0.15, -0.1) is 0 Å². The molecule has 0 saturated heterocycles. The van der Waals surface area contributed by atoms with Gasteiger partial charge in [0, 0.05) is 12.3 Å². The number of carbonyl (C=O) groups is 1. The van der Waals surface area contributed by atoms with Gasteiger partial charge in [0.05, 0.1) is 35.1 Å². The number of hydrogen-bond donors (Lipinski definition) is 0. The summed E-state index contributed by atoms with van der Waals surface area (Å²) in [6.45, 7) is 0.0907. The number of carbonyl (C=O) groups excluding carboxylic acids is 1. The molecule has 4 aromatic rings. The zero-order chi connectivity index (χ0) is 20.4. The molecule has 0 unspecified atom stereocenters. The predicted molar refractivity (Wildman–Crippen MR) is 107 cm³/mol. The van der Waals surface area contributed by atoms with E-state index in [0.29, 0.717) is 28.2 Å². The summed E-state index contributed by atoms with van der Waals surface area (Å²) in [5, 5.41) is 0.382. The number of thiazole rings is 1. The maximum Gasteiger partial charge on any atom is 0.263 e. The molecule has 0 N–H and O–H groups in total. The molecule has 2 aromatic carbocycles. The molecule has 0 spiro atoms. The van der Waals surface area contributed by atoms with Gasteiger partial charge in [0.15, 0.2) is 5.13 Å². The molecule has 5 nitrogen and oxygen atoms in total. The summed E-state index contributed by atoms with van der Waals surface area (Å²) < 4.78 is 33.6. The number of ether oxygens (including phenoxy) is 1. The molecule has 2 heterocycles. The summed E-state index contributed by atoms with van der Waals surface area (Å²) in [7, 11) is 1.57. The Morgan fingerprint density at radius 2 is 2.00 bits per heavy atom. The third kappa shape index (κ3) is 3.93. The third-order valence-electron chi connectivity index (χ3n) is 4.27. The number of methoxy groups -OCH3 is 1. The second-order valence-electron chi connectivity index (χ2n) is 6.17. The number of rotatable bonds is 5. The Morgan fingerprint density at radius 3 is 2.72 bits per heavy atom. The SMILES string of the molecule is COc1ccc2nc(N(Cc3ccccn3)C(=O)c3ccc(F)cc3F)sc2c1. The van der Waals surface area contributed by atoms with Crippen LogP contribution >= 0.6 is 11.3 Å². The van der Waals surface area contributed by atoms with Crippen molar-refractivity contribution in [3.8, 4) is 5.75 Å². The molecule has 0 radical (unpaired) electrons. The van der Waals surface area contributed by atoms with Crippen molar-refractivity contribution in [3.63, 3.8) is 0 Å². The molecule has 2 aromatic heterocycles. The zero-order valence-electron chi connectivity index (χ0n) is 15.3. The fraction of sp³-hybridized carbons (Fsp3) is 0.0952. The van der Waals surface area contributed by atoms with E-state index < -0.39 is 17.5 Å². The Hall–Kier alpha value is -3.39. The number of pyridine rings is 1. The minimum atomic E-state index is -0.927. The number of nitrogens with zero attached hydrogens (tertiary/aromatic N) is 3. The van der Waals surface area contributed by atoms with Crippen LogP contribution in [0.1, 0.15) is 16.1 Å². The normalized spacial score (nSPS) is 10.9. The van der Waals surface area contributed by atoms with Crippen LogP contribution in [0.4, 0.5) is 13.9 Å². The molecule has 8 heteroatoms. The van der Waals surface area contributed by atoms with Crippen molar-refractivity contribution in [2.45, 2.75) is 6.54 Å². The molecular formula is C21H15F2N3O2S. The molecular weight excluding hydrogens is 396 g/mol. The van der Waals surface area contributed by atoms with E-state index in [9.17, 15) is 13.6 Å². The Balaban J connectivity index is 1.78. The first-order valence-corrected chi connectivity index (χ1v) is 9.48. The number of halogens is 2. The van der Waals surface area contributed by atoms with Crippen LogP contribution < -0.4 is 9.64 Å². The van der Waals surface area contributed by atoms with Crippen molar-refractivity contribution in [1.29, 1.82) is 0 Å². The van der Waals surface area contributed by atoms with Crippen LogP contribution in [0.2, 0.25) is 0 Å². The van der Waals surface area contributed by atoms with Crippen molar-refractivity contribution < 1.29 is 18.3 Å². The molecule has 0 aliphatic carbocycles. The van der Waals surface area contributed by atoms with Gasteiger partial charge in [0.1, 0.15) is 17.4 Å². The fourth-order valence-electron chi connectivity index (χ4n) is 2.82. The maximum absolute atomic E-state index is 14.3. The summed E-state index contributed by atoms with van der Waals surface area (Å²) in [6.07, 6.45) is 1.61. The first kappa shape index (κ1) is 18.9. The largest absolute Gasteiger partial charge is 0.497 e. The third-order valence-corrected chi connectivity index (χ3v) is 5.31. The highest BCUT2D eigenvalue weighted by Crippen LogP contribution is 2.33. The first-order valence-electron chi connectivity index (χ1n) is 8.66. The van der Waals surface area contributed by atoms with Gasteiger partial charge in [0.25, 0.3) is 5.91 Å². The number of aromatic nitrogens is 2. The topological polar surface area (TPSA) is 55.3 Å². The van der Waals surface area contributed by atoms with Gasteiger partial charge in [0.2, 0.25) is 0 Å². The van der Waals surface area contributed by atoms with E-state index in [-0.39, 0.29) is 12.1 Å². The van der Waals surface area contributed by atoms with Crippen LogP contribution in [0.3, 0.4) is 0 Å². The molecule has 0 saturated carbocycles. The lowest BCUT2D eigenvalue weighted by atomic mass is 10.1. The highest BCUT2D eigenvalue weighted by molar-refractivity contribution is 7.22. The van der Waals surface area contributed by atoms with Crippen LogP contribution in [0.15, 0.2) is 60.8 Å². The van der Waals surface area contributed by atoms with E-state index in [1.165, 1.54) is 16.2 Å². The minimum Gasteiger partial charge on any atom is -0.497 e. The smallest absolute Gasteiger partial charge is 0.263 e. The first-order chi connectivity index (χ1) is 14.0. The maximum atomic E-state index is 14.3. The molecule has 0 aliphatic heterocycles. The van der Waals surface area contributed by atoms with Crippen LogP contribution in [0.5, 0.6) is 5.75 Å². The molecule has 0 aliphatic rings. The highest BCUT2D eigenvalue weighted by atomic mass is 32.1. The number of benzene rings is 2. The monoisotopic (exact) mass is 411 g/mol. The summed E-state index contributed by atoms with van der Waals surface area (Å²) >= 11 is 1.28. The van der Waals surface area contributed by atoms with Crippen molar-refractivity contribution in [1.82, 2.24) is 9.97 Å². The molecule has 0 atom stereocenters. The number of fused-ring (bicyclic) bond motifs is 1. The van der Waals surface area contributed by atoms with Gasteiger partial charge in [-0.2, -0.15) is 0 Å². The molecule has 0 bridgehead atoms. The number of amides is 1. The summed E-state index contributed by atoms with van der Waals surface area (Å²) in [5.74, 6) is -1.63. The van der Waals surface area contributed by atoms with Gasteiger partial charge in [-0.3, -0.25) is 14.7 Å². The second kappa shape index (κ2) is 7.92. The average molecular weight is 411 g/mol. The molecule has 29 heavy (non-hydrogen) atoms. The van der Waals surface area contributed by atoms with E-state index >= 15 is 0 Å². The van der Waals surface area contributed by atoms with E-state index in [1.807, 2.05) is 6.07 Å². The zero-order valence-corrected chi connectivity index (χ0v) is 16.1. The minimum absolute atomic E-state index is 0.0907. The number of hydrogen-bond acceptors (Lipinski definition) is 5. The van der Waals surface area contributed by atoms with Crippen LogP contribution in [-0.2, 0) is 6.54 Å². The van der Waals surface area contributed by atoms with Gasteiger partial charge in [-0.1, -0.05) is 17.4 Å². The van der Waals surface area contributed by atoms with Gasteiger partial charge >= 0.3 is 0 Å². The van der Waals surface area contributed by atoms with Crippen LogP contribution in [0.25, 0.3) is 10.2 Å². The van der Waals surface area contributed by atoms with E-state index in [4.69, 9.17) is 4.74 Å². The van der Waals surface area contributed by atoms with Crippen molar-refractivity contribution in [2.75, 3.05) is 12.0 Å². The fourth-order valence-corrected chi connectivity index (χ4v) is 3.82. The van der Waals surface area contributed by atoms with Gasteiger partial charge < -0.3 is 4.74 Å². The van der Waals surface area contributed by atoms with Gasteiger partial charge in [-0.25, -0.2) is 13.8 Å². The van der Waals surface area contributed by atoms with Crippen molar-refractivity contribution in [3.05, 3.63) is 83.7 Å².